The van der Waals surface area contributed by atoms with Crippen LogP contribution in [0.25, 0.3) is 11.3 Å². The van der Waals surface area contributed by atoms with Gasteiger partial charge in [-0.05, 0) is 68.1 Å². The van der Waals surface area contributed by atoms with Crippen molar-refractivity contribution < 1.29 is 9.59 Å². The normalized spacial score (nSPS) is 17.6. The van der Waals surface area contributed by atoms with Gasteiger partial charge < -0.3 is 0 Å². The molecule has 162 valence electrons. The van der Waals surface area contributed by atoms with E-state index in [0.29, 0.717) is 17.9 Å². The van der Waals surface area contributed by atoms with Crippen LogP contribution in [0.15, 0.2) is 42.6 Å². The number of allylic oxidation sites excluding steroid dienone is 1. The lowest BCUT2D eigenvalue weighted by Gasteiger charge is -2.17. The van der Waals surface area contributed by atoms with E-state index in [-0.39, 0.29) is 17.5 Å². The number of nitrogens with zero attached hydrogens (tertiary/aromatic N) is 1. The van der Waals surface area contributed by atoms with E-state index in [0.717, 1.165) is 33.5 Å². The van der Waals surface area contributed by atoms with Crippen LogP contribution in [0.3, 0.4) is 0 Å². The van der Waals surface area contributed by atoms with Gasteiger partial charge in [-0.2, -0.15) is 0 Å². The first-order valence-electron chi connectivity index (χ1n) is 10.7. The lowest BCUT2D eigenvalue weighted by atomic mass is 9.85. The second-order valence-corrected chi connectivity index (χ2v) is 7.69. The number of hydrogen-bond donors (Lipinski definition) is 0. The first-order valence-corrected chi connectivity index (χ1v) is 11.1. The Hall–Kier alpha value is -2.26. The average molecular weight is 428 g/mol. The summed E-state index contributed by atoms with van der Waals surface area (Å²) < 4.78 is 0. The van der Waals surface area contributed by atoms with E-state index >= 15 is 0 Å². The van der Waals surface area contributed by atoms with Crippen LogP contribution in [-0.4, -0.2) is 16.6 Å². The molecule has 2 aromatic rings. The molecule has 0 bridgehead atoms. The SMILES string of the molecule is C=C(C)CC1CC(=O)C(c2c(C)cc(-c3ccc(Cl)cn3)cc2C)C1=O.CC.CC. The summed E-state index contributed by atoms with van der Waals surface area (Å²) in [6.45, 7) is 17.7. The number of halogens is 1. The lowest BCUT2D eigenvalue weighted by molar-refractivity contribution is -0.124. The first-order chi connectivity index (χ1) is 14.3. The molecule has 30 heavy (non-hydrogen) atoms. The molecule has 3 rings (SSSR count). The number of carbonyl (C=O) groups excluding carboxylic acids is 2. The molecule has 4 heteroatoms. The maximum Gasteiger partial charge on any atom is 0.151 e. The van der Waals surface area contributed by atoms with Crippen LogP contribution >= 0.6 is 11.6 Å². The van der Waals surface area contributed by atoms with Gasteiger partial charge in [-0.15, -0.1) is 6.58 Å². The fraction of sp³-hybridized carbons (Fsp3) is 0.423. The number of hydrogen-bond acceptors (Lipinski definition) is 3. The molecule has 0 amide bonds. The summed E-state index contributed by atoms with van der Waals surface area (Å²) in [6.07, 6.45) is 2.52. The molecule has 3 nitrogen and oxygen atoms in total. The Labute approximate surface area is 186 Å². The molecule has 2 unspecified atom stereocenters. The fourth-order valence-corrected chi connectivity index (χ4v) is 3.99. The highest BCUT2D eigenvalue weighted by molar-refractivity contribution is 6.30. The summed E-state index contributed by atoms with van der Waals surface area (Å²) in [6, 6.07) is 7.65. The molecule has 1 aromatic carbocycles. The molecular weight excluding hydrogens is 394 g/mol. The second-order valence-electron chi connectivity index (χ2n) is 7.25. The molecule has 1 aromatic heterocycles. The Morgan fingerprint density at radius 1 is 1.10 bits per heavy atom. The number of Topliss-reactive ketones (excluding diaryl/α,β-unsaturated/α-hetero) is 2. The Kier molecular flexibility index (Phi) is 10.1. The van der Waals surface area contributed by atoms with Gasteiger partial charge in [-0.3, -0.25) is 14.6 Å². The average Bonchev–Trinajstić information content (AvgIpc) is 2.98. The Bertz CT molecular complexity index is 877. The molecule has 0 radical (unpaired) electrons. The van der Waals surface area contributed by atoms with E-state index in [1.807, 2.05) is 66.7 Å². The van der Waals surface area contributed by atoms with Crippen molar-refractivity contribution in [3.05, 3.63) is 64.3 Å². The summed E-state index contributed by atoms with van der Waals surface area (Å²) in [5, 5.41) is 0.588. The molecule has 1 aliphatic carbocycles. The molecule has 0 N–H and O–H groups in total. The zero-order valence-electron chi connectivity index (χ0n) is 19.3. The summed E-state index contributed by atoms with van der Waals surface area (Å²) >= 11 is 5.91. The van der Waals surface area contributed by atoms with Gasteiger partial charge in [-0.1, -0.05) is 44.9 Å². The molecule has 2 atom stereocenters. The minimum atomic E-state index is -0.647. The van der Waals surface area contributed by atoms with Gasteiger partial charge in [0.15, 0.2) is 5.78 Å². The van der Waals surface area contributed by atoms with Gasteiger partial charge in [0.05, 0.1) is 10.7 Å². The minimum Gasteiger partial charge on any atom is -0.298 e. The molecule has 0 spiro atoms. The Morgan fingerprint density at radius 3 is 2.13 bits per heavy atom. The van der Waals surface area contributed by atoms with Gasteiger partial charge in [0.25, 0.3) is 0 Å². The van der Waals surface area contributed by atoms with Crippen LogP contribution in [-0.2, 0) is 9.59 Å². The quantitative estimate of drug-likeness (QED) is 0.380. The van der Waals surface area contributed by atoms with Crippen LogP contribution in [0.5, 0.6) is 0 Å². The van der Waals surface area contributed by atoms with Gasteiger partial charge in [0.2, 0.25) is 0 Å². The topological polar surface area (TPSA) is 47.0 Å². The second kappa shape index (κ2) is 11.8. The van der Waals surface area contributed by atoms with Gasteiger partial charge >= 0.3 is 0 Å². The van der Waals surface area contributed by atoms with Crippen LogP contribution in [0.4, 0.5) is 0 Å². The third kappa shape index (κ3) is 5.89. The van der Waals surface area contributed by atoms with E-state index in [9.17, 15) is 9.59 Å². The third-order valence-corrected chi connectivity index (χ3v) is 5.18. The van der Waals surface area contributed by atoms with Crippen LogP contribution < -0.4 is 0 Å². The molecular formula is C26H34ClNO2. The van der Waals surface area contributed by atoms with Gasteiger partial charge in [0, 0.05) is 24.1 Å². The highest BCUT2D eigenvalue weighted by Crippen LogP contribution is 2.39. The van der Waals surface area contributed by atoms with Crippen molar-refractivity contribution in [2.45, 2.75) is 67.2 Å². The monoisotopic (exact) mass is 427 g/mol. The van der Waals surface area contributed by atoms with Crippen LogP contribution in [0.1, 0.15) is 70.1 Å². The summed E-state index contributed by atoms with van der Waals surface area (Å²) in [4.78, 5) is 29.8. The van der Waals surface area contributed by atoms with Crippen molar-refractivity contribution in [2.24, 2.45) is 5.92 Å². The summed E-state index contributed by atoms with van der Waals surface area (Å²) in [7, 11) is 0. The van der Waals surface area contributed by atoms with E-state index in [1.54, 1.807) is 12.3 Å². The van der Waals surface area contributed by atoms with Gasteiger partial charge in [-0.25, -0.2) is 0 Å². The number of benzene rings is 1. The fourth-order valence-electron chi connectivity index (χ4n) is 3.88. The maximum atomic E-state index is 12.9. The van der Waals surface area contributed by atoms with Crippen molar-refractivity contribution in [1.82, 2.24) is 4.98 Å². The largest absolute Gasteiger partial charge is 0.298 e. The maximum absolute atomic E-state index is 12.9. The minimum absolute atomic E-state index is 0.0183. The first kappa shape index (κ1) is 25.8. The summed E-state index contributed by atoms with van der Waals surface area (Å²) in [5.41, 5.74) is 5.45. The number of carbonyl (C=O) groups is 2. The lowest BCUT2D eigenvalue weighted by Crippen LogP contribution is -2.18. The van der Waals surface area contributed by atoms with Crippen molar-refractivity contribution in [2.75, 3.05) is 0 Å². The zero-order valence-corrected chi connectivity index (χ0v) is 20.1. The number of pyridine rings is 1. The zero-order chi connectivity index (χ0) is 23.0. The number of aryl methyl sites for hydroxylation is 2. The Morgan fingerprint density at radius 2 is 1.67 bits per heavy atom. The summed E-state index contributed by atoms with van der Waals surface area (Å²) in [5.74, 6) is -0.834. The predicted octanol–water partition coefficient (Wildman–Crippen LogP) is 7.28. The predicted molar refractivity (Wildman–Crippen MR) is 127 cm³/mol. The number of ketones is 2. The van der Waals surface area contributed by atoms with E-state index in [1.165, 1.54) is 0 Å². The highest BCUT2D eigenvalue weighted by atomic mass is 35.5. The van der Waals surface area contributed by atoms with Crippen molar-refractivity contribution in [3.8, 4) is 11.3 Å². The van der Waals surface area contributed by atoms with Crippen molar-refractivity contribution >= 4 is 23.2 Å². The van der Waals surface area contributed by atoms with Crippen LogP contribution in [0.2, 0.25) is 5.02 Å². The molecule has 0 saturated heterocycles. The standard InChI is InChI=1S/C22H22ClNO2.2C2H6/c1-12(2)7-16-10-19(25)21(22(16)26)20-13(3)8-15(9-14(20)4)18-6-5-17(23)11-24-18;2*1-2/h5-6,8-9,11,16,21H,1,7,10H2,2-4H3;2*1-2H3. The van der Waals surface area contributed by atoms with Gasteiger partial charge in [0.1, 0.15) is 11.7 Å². The molecule has 1 heterocycles. The van der Waals surface area contributed by atoms with Crippen molar-refractivity contribution in [1.29, 1.82) is 0 Å². The molecule has 1 aliphatic rings. The highest BCUT2D eigenvalue weighted by Gasteiger charge is 2.42. The van der Waals surface area contributed by atoms with Crippen LogP contribution in [0, 0.1) is 19.8 Å². The third-order valence-electron chi connectivity index (χ3n) is 4.96. The Balaban J connectivity index is 0.00000106. The van der Waals surface area contributed by atoms with E-state index in [4.69, 9.17) is 11.6 Å². The van der Waals surface area contributed by atoms with E-state index < -0.39 is 5.92 Å². The molecule has 0 aliphatic heterocycles. The van der Waals surface area contributed by atoms with E-state index in [2.05, 4.69) is 11.6 Å². The smallest absolute Gasteiger partial charge is 0.151 e. The number of rotatable bonds is 4. The molecule has 1 fully saturated rings. The number of aromatic nitrogens is 1. The molecule has 1 saturated carbocycles. The van der Waals surface area contributed by atoms with Crippen molar-refractivity contribution in [3.63, 3.8) is 0 Å².